The number of aliphatic hydroxyl groups is 1. The second-order valence-corrected chi connectivity index (χ2v) is 39.2. The number of esters is 2. The number of alkyl halides is 4. The summed E-state index contributed by atoms with van der Waals surface area (Å²) in [5.74, 6) is -5.62. The number of anilines is 6. The van der Waals surface area contributed by atoms with Gasteiger partial charge in [0.25, 0.3) is 0 Å². The van der Waals surface area contributed by atoms with Crippen LogP contribution in [0, 0.1) is 0 Å². The maximum absolute atomic E-state index is 12.2. The van der Waals surface area contributed by atoms with E-state index < -0.39 is 65.7 Å². The topological polar surface area (TPSA) is 485 Å². The Bertz CT molecular complexity index is 4860. The van der Waals surface area contributed by atoms with Crippen LogP contribution >= 0.6 is 68.0 Å². The molecule has 11 N–H and O–H groups in total. The molecule has 0 saturated carbocycles. The third-order valence-electron chi connectivity index (χ3n) is 17.5. The van der Waals surface area contributed by atoms with Crippen LogP contribution in [-0.4, -0.2) is 221 Å². The fourth-order valence-corrected chi connectivity index (χ4v) is 19.7. The summed E-state index contributed by atoms with van der Waals surface area (Å²) in [6.45, 7) is 40.2. The Balaban J connectivity index is 0.000000517. The second kappa shape index (κ2) is 52.2. The number of thiophene rings is 6. The summed E-state index contributed by atoms with van der Waals surface area (Å²) >= 11 is 8.71. The summed E-state index contributed by atoms with van der Waals surface area (Å²) in [4.78, 5) is 163. The number of amides is 9. The number of hydrogen-bond acceptors (Lipinski definition) is 31. The number of carbonyl (C=O) groups excluding carboxylic acids is 12. The van der Waals surface area contributed by atoms with Gasteiger partial charge in [0.1, 0.15) is 43.4 Å². The van der Waals surface area contributed by atoms with Crippen LogP contribution in [0.2, 0.25) is 0 Å². The van der Waals surface area contributed by atoms with Crippen molar-refractivity contribution in [1.82, 2.24) is 29.8 Å². The summed E-state index contributed by atoms with van der Waals surface area (Å²) in [5, 5.41) is 46.2. The molecule has 6 aromatic heterocycles. The normalized spacial score (nSPS) is 14.0. The van der Waals surface area contributed by atoms with Crippen LogP contribution in [0.5, 0.6) is 0 Å². The van der Waals surface area contributed by atoms with Crippen LogP contribution in [0.3, 0.4) is 0 Å². The molecule has 0 saturated heterocycles. The average Bonchev–Trinajstić information content (AvgIpc) is 1.65. The smallest absolute Gasteiger partial charge is 0.870 e. The fourth-order valence-electron chi connectivity index (χ4n) is 12.4. The molecule has 9 amide bonds. The van der Waals surface area contributed by atoms with Crippen LogP contribution in [0.1, 0.15) is 220 Å². The zero-order valence-corrected chi connectivity index (χ0v) is 83.6. The number of nitrogens with one attached hydrogen (secondary N) is 6. The number of methoxy groups -OCH3 is 2. The van der Waals surface area contributed by atoms with Crippen LogP contribution in [0.4, 0.5) is 66.7 Å². The Morgan fingerprint density at radius 3 is 1.09 bits per heavy atom. The van der Waals surface area contributed by atoms with Crippen LogP contribution in [0.15, 0.2) is 18.2 Å². The molecule has 0 atom stereocenters. The number of carboxylic acids is 2. The van der Waals surface area contributed by atoms with Crippen LogP contribution < -0.4 is 72.3 Å². The molecule has 6 aliphatic heterocycles. The van der Waals surface area contributed by atoms with E-state index in [1.54, 1.807) is 70.0 Å². The van der Waals surface area contributed by atoms with Gasteiger partial charge in [0.05, 0.1) is 80.6 Å². The number of aliphatic hydroxyl groups excluding tert-OH is 1. The zero-order valence-electron chi connectivity index (χ0n) is 77.7. The Labute approximate surface area is 795 Å². The molecule has 0 spiro atoms. The molecular weight excluding hydrogens is 1820 g/mol. The van der Waals surface area contributed by atoms with Gasteiger partial charge in [-0.15, -0.1) is 68.0 Å². The van der Waals surface area contributed by atoms with Crippen molar-refractivity contribution in [3.8, 4) is 0 Å². The van der Waals surface area contributed by atoms with Gasteiger partial charge < -0.3 is 111 Å². The number of ether oxygens (including phenoxy) is 6. The first kappa shape index (κ1) is 114. The Hall–Kier alpha value is -9.13. The van der Waals surface area contributed by atoms with E-state index in [9.17, 15) is 80.2 Å². The largest absolute Gasteiger partial charge is 1.00 e. The van der Waals surface area contributed by atoms with Crippen LogP contribution in [-0.2, 0) is 135 Å². The van der Waals surface area contributed by atoms with E-state index in [0.29, 0.717) is 96.8 Å². The number of aliphatic carboxylic acids is 1. The molecule has 0 aliphatic carbocycles. The van der Waals surface area contributed by atoms with Crippen molar-refractivity contribution in [2.24, 2.45) is 0 Å². The number of nitrogens with two attached hydrogens (primary N) is 1. The molecule has 46 heteroatoms. The zero-order chi connectivity index (χ0) is 97.0. The number of rotatable bonds is 9. The monoisotopic (exact) mass is 1940 g/mol. The molecule has 12 rings (SSSR count). The molecule has 0 aromatic carbocycles. The van der Waals surface area contributed by atoms with Crippen molar-refractivity contribution in [3.05, 3.63) is 97.5 Å². The Kier molecular flexibility index (Phi) is 46.1. The van der Waals surface area contributed by atoms with Gasteiger partial charge in [-0.1, -0.05) is 6.92 Å². The van der Waals surface area contributed by atoms with Gasteiger partial charge in [-0.2, -0.15) is 13.2 Å². The molecule has 714 valence electrons. The molecule has 0 radical (unpaired) electrons. The van der Waals surface area contributed by atoms with E-state index >= 15 is 0 Å². The number of hydrogen-bond donors (Lipinski definition) is 9. The van der Waals surface area contributed by atoms with E-state index in [1.807, 2.05) is 68.4 Å². The van der Waals surface area contributed by atoms with Gasteiger partial charge in [-0.25, -0.2) is 33.6 Å². The molecule has 0 fully saturated rings. The SMILES string of the molecule is CC(=O)Nc1cc2c(s1)CN(C(=O)OC(C)(C)C)CC2.CC(=O)Nc1cc2c(s1)CNCC2.CC(=O)Nc1sc2c(c1C(=O)O)CCN(C(=O)OC(C)(C)C)C2.CCN1CCc2cc(NC(C)=O)sc2C1.CO.COC(=O)c1c(N)sc2c1CCN(C(=O)OC(C)(C)C)C2.COC(=O)c1c(NC(C)=O)sc2c1CCN(C(=O)OC(C)(C)C)C2.O=C([O-])C(F)(F)F.[2H]CF.[Na+].[OH-]. The van der Waals surface area contributed by atoms with E-state index in [1.165, 1.54) is 114 Å². The number of aromatic carboxylic acids is 1. The summed E-state index contributed by atoms with van der Waals surface area (Å²) in [5.41, 5.74) is 11.1. The summed E-state index contributed by atoms with van der Waals surface area (Å²) in [6.07, 6.45) is -2.14. The summed E-state index contributed by atoms with van der Waals surface area (Å²) < 4.78 is 78.1. The number of fused-ring (bicyclic) bond motifs is 6. The third kappa shape index (κ3) is 37.9. The molecule has 6 aliphatic rings. The van der Waals surface area contributed by atoms with Crippen molar-refractivity contribution < 1.29 is 160 Å². The predicted molar refractivity (Wildman–Crippen MR) is 481 cm³/mol. The first-order valence-electron chi connectivity index (χ1n) is 40.4. The van der Waals surface area contributed by atoms with Crippen molar-refractivity contribution >= 4 is 176 Å². The first-order valence-corrected chi connectivity index (χ1v) is 44.6. The van der Waals surface area contributed by atoms with Gasteiger partial charge in [0.15, 0.2) is 0 Å². The molecule has 129 heavy (non-hydrogen) atoms. The van der Waals surface area contributed by atoms with E-state index in [2.05, 4.69) is 55.9 Å². The molecule has 12 heterocycles. The summed E-state index contributed by atoms with van der Waals surface area (Å²) in [7, 11) is 2.64. The first-order chi connectivity index (χ1) is 59.5. The van der Waals surface area contributed by atoms with Crippen molar-refractivity contribution in [1.29, 1.82) is 0 Å². The average molecular weight is 1940 g/mol. The summed E-state index contributed by atoms with van der Waals surface area (Å²) in [6, 6.07) is 6.20. The number of halogens is 4. The van der Waals surface area contributed by atoms with Crippen LogP contribution in [0.25, 0.3) is 0 Å². The number of likely N-dealkylation sites (N-methyl/N-ethyl adjacent to an activating group) is 1. The van der Waals surface area contributed by atoms with Gasteiger partial charge in [-0.05, 0) is 186 Å². The van der Waals surface area contributed by atoms with Gasteiger partial charge in [0.2, 0.25) is 29.5 Å². The minimum atomic E-state index is -5.19. The van der Waals surface area contributed by atoms with Crippen molar-refractivity contribution in [2.45, 2.75) is 231 Å². The Morgan fingerprint density at radius 1 is 0.473 bits per heavy atom. The molecular formula is C83H118F4N12NaO23S6-. The van der Waals surface area contributed by atoms with E-state index in [0.717, 1.165) is 105 Å². The minimum Gasteiger partial charge on any atom is -0.870 e. The molecule has 0 unspecified atom stereocenters. The predicted octanol–water partition coefficient (Wildman–Crippen LogP) is 10.7. The standard InChI is InChI=1S/C16H22N2O5S.C15H20N2O5S.C14H20N2O4S.C14H20N2O3S.C11H16N2OS.C9H12N2OS.C2HF3O2.CH3F.CH4O.Na.H2O/c1-9(19)17-13-12(14(20)22-5)10-6-7-18(8-11(10)24-13)15(21)23-16(2,3)4;1-8(18)16-12-11(13(19)20)9-5-6-17(7-10(9)23-12)14(21)22-15(2,3)4;1-14(2,3)20-13(18)16-6-5-8-9(7-16)21-11(15)10(8)12(17)19-4;1-9(17)15-12-7-10-5-6-16(8-11(10)20-12)13(18)19-14(2,3)4;1-3-13-5-4-9-6-11(12-8(2)14)15-10(9)7-13;1-6(12)11-9-4-7-2-3-10-5-8(7)13-9;3-2(4,5)1(6)7;2*1-2;;/h6-8H2,1-5H3,(H,17,19);5-7H2,1-4H3,(H,16,18)(H,19,20);5-7,15H2,1-4H3;7H,5-6,8H2,1-4H3,(H,15,17);6H,3-5,7H2,1-2H3,(H,12,14);4,10H,2-3,5H2,1H3,(H,11,12);(H,6,7);1H3;2H,1H3;;1H2/q;;;;;;;;;+1;/p-2/i;;;;;;;1D;;;. The fraction of sp³-hybridized carbons (Fsp3) is 0.554. The van der Waals surface area contributed by atoms with Gasteiger partial charge >= 0.3 is 78.0 Å². The maximum atomic E-state index is 12.2. The quantitative estimate of drug-likeness (QED) is 0.0281. The maximum Gasteiger partial charge on any atom is 1.00 e. The Morgan fingerprint density at radius 2 is 0.767 bits per heavy atom. The second-order valence-electron chi connectivity index (χ2n) is 32.5. The molecule has 0 bridgehead atoms. The van der Waals surface area contributed by atoms with Gasteiger partial charge in [-0.3, -0.25) is 33.3 Å². The van der Waals surface area contributed by atoms with Crippen molar-refractivity contribution in [2.75, 3.05) is 107 Å². The van der Waals surface area contributed by atoms with E-state index in [4.69, 9.17) is 50.5 Å². The number of carbonyl (C=O) groups is 13. The third-order valence-corrected chi connectivity index (χ3v) is 24.1. The van der Waals surface area contributed by atoms with Gasteiger partial charge in [0, 0.05) is 117 Å². The molecule has 6 aromatic rings. The number of nitrogen functional groups attached to an aromatic ring is 1. The molecule has 35 nitrogen and oxygen atoms in total. The van der Waals surface area contributed by atoms with Crippen molar-refractivity contribution in [3.63, 3.8) is 0 Å². The number of carboxylic acid groups (broad SMARTS) is 2. The number of nitrogens with zero attached hydrogens (tertiary/aromatic N) is 5. The van der Waals surface area contributed by atoms with E-state index in [-0.39, 0.29) is 95.0 Å². The minimum absolute atomic E-state index is 0.